The molecule has 1 saturated heterocycles. The zero-order valence-electron chi connectivity index (χ0n) is 17.8. The third-order valence-corrected chi connectivity index (χ3v) is 5.37. The van der Waals surface area contributed by atoms with Crippen molar-refractivity contribution in [1.82, 2.24) is 9.97 Å². The van der Waals surface area contributed by atoms with Crippen molar-refractivity contribution in [2.45, 2.75) is 6.92 Å². The van der Waals surface area contributed by atoms with E-state index < -0.39 is 4.92 Å². The second kappa shape index (κ2) is 9.04. The summed E-state index contributed by atoms with van der Waals surface area (Å²) in [7, 11) is 1.53. The molecule has 10 heteroatoms. The van der Waals surface area contributed by atoms with E-state index >= 15 is 0 Å². The first-order valence-corrected chi connectivity index (χ1v) is 10.1. The molecule has 1 aliphatic rings. The summed E-state index contributed by atoms with van der Waals surface area (Å²) in [5, 5.41) is 15.0. The van der Waals surface area contributed by atoms with Gasteiger partial charge in [-0.25, -0.2) is 14.4 Å². The highest BCUT2D eigenvalue weighted by molar-refractivity contribution is 5.77. The molecule has 0 unspecified atom stereocenters. The van der Waals surface area contributed by atoms with Gasteiger partial charge in [0.25, 0.3) is 0 Å². The van der Waals surface area contributed by atoms with Crippen LogP contribution in [0.25, 0.3) is 0 Å². The van der Waals surface area contributed by atoms with E-state index in [1.807, 2.05) is 28.9 Å². The van der Waals surface area contributed by atoms with Crippen LogP contribution in [0.1, 0.15) is 5.56 Å². The van der Waals surface area contributed by atoms with E-state index in [0.29, 0.717) is 43.3 Å². The number of aromatic nitrogens is 2. The average molecular weight is 438 g/mol. The fourth-order valence-electron chi connectivity index (χ4n) is 3.77. The van der Waals surface area contributed by atoms with E-state index in [1.54, 1.807) is 24.3 Å². The van der Waals surface area contributed by atoms with Gasteiger partial charge in [0.1, 0.15) is 17.9 Å². The molecule has 0 aliphatic carbocycles. The van der Waals surface area contributed by atoms with E-state index in [0.717, 1.165) is 5.56 Å². The number of hydrogen-bond acceptors (Lipinski definition) is 8. The van der Waals surface area contributed by atoms with Crippen molar-refractivity contribution in [2.24, 2.45) is 0 Å². The number of ether oxygens (including phenoxy) is 1. The second-order valence-electron chi connectivity index (χ2n) is 7.41. The third kappa shape index (κ3) is 4.25. The van der Waals surface area contributed by atoms with Gasteiger partial charge in [-0.3, -0.25) is 10.1 Å². The van der Waals surface area contributed by atoms with Gasteiger partial charge in [0.2, 0.25) is 11.6 Å². The predicted molar refractivity (Wildman–Crippen MR) is 121 cm³/mol. The number of para-hydroxylation sites is 1. The monoisotopic (exact) mass is 438 g/mol. The Bertz CT molecular complexity index is 1130. The van der Waals surface area contributed by atoms with Crippen molar-refractivity contribution in [3.8, 4) is 5.75 Å². The number of rotatable bonds is 6. The van der Waals surface area contributed by atoms with Gasteiger partial charge >= 0.3 is 5.69 Å². The Morgan fingerprint density at radius 3 is 2.50 bits per heavy atom. The number of benzene rings is 2. The Morgan fingerprint density at radius 2 is 1.81 bits per heavy atom. The maximum Gasteiger partial charge on any atom is 0.353 e. The summed E-state index contributed by atoms with van der Waals surface area (Å²) in [5.74, 6) is 0.573. The maximum absolute atomic E-state index is 14.1. The first kappa shape index (κ1) is 21.3. The summed E-state index contributed by atoms with van der Waals surface area (Å²) in [5.41, 5.74) is 1.85. The molecule has 0 saturated carbocycles. The molecule has 0 radical (unpaired) electrons. The first-order valence-electron chi connectivity index (χ1n) is 10.1. The number of nitro groups is 1. The van der Waals surface area contributed by atoms with Gasteiger partial charge in [0, 0.05) is 26.2 Å². The zero-order valence-corrected chi connectivity index (χ0v) is 17.8. The van der Waals surface area contributed by atoms with Crippen molar-refractivity contribution in [3.05, 3.63) is 70.3 Å². The molecule has 2 heterocycles. The molecular formula is C22H23FN6O3. The van der Waals surface area contributed by atoms with Crippen LogP contribution in [-0.4, -0.2) is 48.2 Å². The molecule has 0 atom stereocenters. The quantitative estimate of drug-likeness (QED) is 0.457. The molecule has 3 aromatic rings. The predicted octanol–water partition coefficient (Wildman–Crippen LogP) is 3.91. The fourth-order valence-corrected chi connectivity index (χ4v) is 3.77. The lowest BCUT2D eigenvalue weighted by Gasteiger charge is -2.36. The van der Waals surface area contributed by atoms with Crippen LogP contribution in [0.15, 0.2) is 48.8 Å². The molecule has 0 spiro atoms. The summed E-state index contributed by atoms with van der Waals surface area (Å²) in [4.78, 5) is 23.6. The van der Waals surface area contributed by atoms with Crippen LogP contribution in [0.4, 0.5) is 33.1 Å². The lowest BCUT2D eigenvalue weighted by Crippen LogP contribution is -2.47. The highest BCUT2D eigenvalue weighted by Gasteiger charge is 2.30. The lowest BCUT2D eigenvalue weighted by atomic mass is 10.2. The van der Waals surface area contributed by atoms with Crippen LogP contribution in [0.5, 0.6) is 5.75 Å². The Labute approximate surface area is 184 Å². The van der Waals surface area contributed by atoms with Crippen molar-refractivity contribution >= 4 is 28.7 Å². The Kier molecular flexibility index (Phi) is 6.02. The smallest absolute Gasteiger partial charge is 0.353 e. The molecular weight excluding hydrogens is 415 g/mol. The highest BCUT2D eigenvalue weighted by Crippen LogP contribution is 2.36. The molecule has 166 valence electrons. The topological polar surface area (TPSA) is 96.7 Å². The molecule has 1 aromatic heterocycles. The molecule has 9 nitrogen and oxygen atoms in total. The number of nitrogens with one attached hydrogen (secondary N) is 1. The molecule has 1 N–H and O–H groups in total. The fraction of sp³-hybridized carbons (Fsp3) is 0.273. The summed E-state index contributed by atoms with van der Waals surface area (Å²) in [6, 6.07) is 12.1. The molecule has 0 bridgehead atoms. The summed E-state index contributed by atoms with van der Waals surface area (Å²) in [6.07, 6.45) is 1.30. The third-order valence-electron chi connectivity index (χ3n) is 5.37. The van der Waals surface area contributed by atoms with Crippen LogP contribution in [0.3, 0.4) is 0 Å². The summed E-state index contributed by atoms with van der Waals surface area (Å²) < 4.78 is 19.5. The summed E-state index contributed by atoms with van der Waals surface area (Å²) >= 11 is 0. The van der Waals surface area contributed by atoms with Crippen LogP contribution in [-0.2, 0) is 0 Å². The van der Waals surface area contributed by atoms with Crippen LogP contribution < -0.4 is 19.9 Å². The normalized spacial score (nSPS) is 13.7. The van der Waals surface area contributed by atoms with Crippen molar-refractivity contribution in [1.29, 1.82) is 0 Å². The van der Waals surface area contributed by atoms with Crippen LogP contribution in [0.2, 0.25) is 0 Å². The molecule has 1 fully saturated rings. The standard InChI is InChI=1S/C22H23FN6O3/c1-15-7-8-19(32-2)17(13-15)26-21-20(29(30)31)22(25-14-24-21)28-11-9-27(10-12-28)18-6-4-3-5-16(18)23/h3-8,13-14H,9-12H2,1-2H3,(H,24,25,26). The zero-order chi connectivity index (χ0) is 22.7. The minimum atomic E-state index is -0.483. The Morgan fingerprint density at radius 1 is 1.09 bits per heavy atom. The number of anilines is 4. The number of halogens is 1. The largest absolute Gasteiger partial charge is 0.495 e. The number of nitrogens with zero attached hydrogens (tertiary/aromatic N) is 5. The van der Waals surface area contributed by atoms with Gasteiger partial charge in [-0.1, -0.05) is 18.2 Å². The van der Waals surface area contributed by atoms with Crippen LogP contribution in [0, 0.1) is 22.9 Å². The van der Waals surface area contributed by atoms with E-state index in [9.17, 15) is 14.5 Å². The summed E-state index contributed by atoms with van der Waals surface area (Å²) in [6.45, 7) is 3.85. The van der Waals surface area contributed by atoms with E-state index in [2.05, 4.69) is 15.3 Å². The van der Waals surface area contributed by atoms with E-state index in [-0.39, 0.29) is 23.1 Å². The Balaban J connectivity index is 1.60. The van der Waals surface area contributed by atoms with Crippen LogP contribution >= 0.6 is 0 Å². The van der Waals surface area contributed by atoms with Gasteiger partial charge in [-0.15, -0.1) is 0 Å². The number of hydrogen-bond donors (Lipinski definition) is 1. The SMILES string of the molecule is COc1ccc(C)cc1Nc1ncnc(N2CCN(c3ccccc3F)CC2)c1[N+](=O)[O-]. The van der Waals surface area contributed by atoms with Gasteiger partial charge in [0.15, 0.2) is 0 Å². The van der Waals surface area contributed by atoms with Gasteiger partial charge in [-0.05, 0) is 36.8 Å². The first-order chi connectivity index (χ1) is 15.5. The average Bonchev–Trinajstić information content (AvgIpc) is 2.79. The molecule has 4 rings (SSSR count). The van der Waals surface area contributed by atoms with E-state index in [4.69, 9.17) is 4.74 Å². The lowest BCUT2D eigenvalue weighted by molar-refractivity contribution is -0.383. The molecule has 2 aromatic carbocycles. The minimum Gasteiger partial charge on any atom is -0.495 e. The number of methoxy groups -OCH3 is 1. The van der Waals surface area contributed by atoms with Gasteiger partial charge in [0.05, 0.1) is 23.4 Å². The van der Waals surface area contributed by atoms with Crippen molar-refractivity contribution < 1.29 is 14.1 Å². The molecule has 32 heavy (non-hydrogen) atoms. The van der Waals surface area contributed by atoms with Gasteiger partial charge < -0.3 is 19.9 Å². The van der Waals surface area contributed by atoms with Crippen molar-refractivity contribution in [2.75, 3.05) is 48.4 Å². The number of aryl methyl sites for hydroxylation is 1. The van der Waals surface area contributed by atoms with Crippen molar-refractivity contribution in [3.63, 3.8) is 0 Å². The minimum absolute atomic E-state index is 0.0837. The number of piperazine rings is 1. The van der Waals surface area contributed by atoms with Gasteiger partial charge in [-0.2, -0.15) is 0 Å². The highest BCUT2D eigenvalue weighted by atomic mass is 19.1. The second-order valence-corrected chi connectivity index (χ2v) is 7.41. The maximum atomic E-state index is 14.1. The molecule has 1 aliphatic heterocycles. The molecule has 0 amide bonds. The Hall–Kier alpha value is -3.95. The van der Waals surface area contributed by atoms with E-state index in [1.165, 1.54) is 19.5 Å².